The molecule has 1 unspecified atom stereocenters. The number of aliphatic carboxylic acids is 1. The molecule has 1 saturated carbocycles. The minimum Gasteiger partial charge on any atom is -0.480 e. The van der Waals surface area contributed by atoms with Gasteiger partial charge in [0.05, 0.1) is 16.8 Å². The zero-order chi connectivity index (χ0) is 15.7. The highest BCUT2D eigenvalue weighted by molar-refractivity contribution is 7.92. The van der Waals surface area contributed by atoms with Crippen molar-refractivity contribution in [2.45, 2.75) is 41.9 Å². The topological polar surface area (TPSA) is 86.7 Å². The summed E-state index contributed by atoms with van der Waals surface area (Å²) in [4.78, 5) is 13.4. The Morgan fingerprint density at radius 2 is 1.91 bits per heavy atom. The van der Waals surface area contributed by atoms with E-state index < -0.39 is 21.8 Å². The van der Waals surface area contributed by atoms with Crippen molar-refractivity contribution < 1.29 is 18.3 Å². The summed E-state index contributed by atoms with van der Waals surface area (Å²) in [5, 5.41) is 12.1. The van der Waals surface area contributed by atoms with E-state index in [-0.39, 0.29) is 5.25 Å². The van der Waals surface area contributed by atoms with Crippen molar-refractivity contribution in [2.75, 3.05) is 18.5 Å². The van der Waals surface area contributed by atoms with E-state index in [1.54, 1.807) is 24.3 Å². The predicted molar refractivity (Wildman–Crippen MR) is 82.5 cm³/mol. The van der Waals surface area contributed by atoms with Gasteiger partial charge in [0, 0.05) is 12.2 Å². The van der Waals surface area contributed by atoms with Crippen LogP contribution in [0.15, 0.2) is 29.2 Å². The summed E-state index contributed by atoms with van der Waals surface area (Å²) in [6.07, 6.45) is 3.08. The van der Waals surface area contributed by atoms with E-state index in [9.17, 15) is 13.2 Å². The number of hydrogen-bond donors (Lipinski definition) is 2. The number of anilines is 1. The molecular formula is C15H20N2O4S. The highest BCUT2D eigenvalue weighted by Crippen LogP contribution is 2.33. The van der Waals surface area contributed by atoms with Crippen molar-refractivity contribution in [1.29, 1.82) is 0 Å². The van der Waals surface area contributed by atoms with Crippen LogP contribution >= 0.6 is 0 Å². The molecule has 0 amide bonds. The number of benzene rings is 1. The number of nitrogens with zero attached hydrogens (tertiary/aromatic N) is 1. The zero-order valence-electron chi connectivity index (χ0n) is 12.2. The molecule has 0 spiro atoms. The largest absolute Gasteiger partial charge is 0.480 e. The number of nitrogens with one attached hydrogen (secondary N) is 1. The van der Waals surface area contributed by atoms with Crippen LogP contribution in [0.5, 0.6) is 0 Å². The summed E-state index contributed by atoms with van der Waals surface area (Å²) in [5.41, 5.74) is 0.797. The van der Waals surface area contributed by atoms with Crippen LogP contribution in [0.2, 0.25) is 0 Å². The minimum atomic E-state index is -3.15. The van der Waals surface area contributed by atoms with E-state index in [0.29, 0.717) is 18.0 Å². The molecule has 7 heteroatoms. The SMILES string of the molecule is O=C(O)C1CCCN1CNc1ccc(S(=O)(=O)C2CC2)cc1. The third-order valence-electron chi connectivity index (χ3n) is 4.28. The van der Waals surface area contributed by atoms with E-state index in [1.165, 1.54) is 0 Å². The first-order chi connectivity index (χ1) is 10.5. The lowest BCUT2D eigenvalue weighted by Gasteiger charge is -2.22. The first kappa shape index (κ1) is 15.3. The predicted octanol–water partition coefficient (Wildman–Crippen LogP) is 1.54. The summed E-state index contributed by atoms with van der Waals surface area (Å²) in [6, 6.07) is 6.29. The molecule has 1 aromatic carbocycles. The summed E-state index contributed by atoms with van der Waals surface area (Å²) in [6.45, 7) is 1.21. The molecule has 2 fully saturated rings. The summed E-state index contributed by atoms with van der Waals surface area (Å²) >= 11 is 0. The van der Waals surface area contributed by atoms with Crippen molar-refractivity contribution in [2.24, 2.45) is 0 Å². The van der Waals surface area contributed by atoms with E-state index in [4.69, 9.17) is 5.11 Å². The Kier molecular flexibility index (Phi) is 4.10. The second-order valence-corrected chi connectivity index (χ2v) is 8.14. The van der Waals surface area contributed by atoms with Gasteiger partial charge in [0.25, 0.3) is 0 Å². The lowest BCUT2D eigenvalue weighted by molar-refractivity contribution is -0.142. The third-order valence-corrected chi connectivity index (χ3v) is 6.56. The third kappa shape index (κ3) is 3.10. The van der Waals surface area contributed by atoms with Crippen LogP contribution in [-0.4, -0.2) is 48.9 Å². The normalized spacial score (nSPS) is 22.6. The lowest BCUT2D eigenvalue weighted by atomic mass is 10.2. The lowest BCUT2D eigenvalue weighted by Crippen LogP contribution is -2.39. The summed E-state index contributed by atoms with van der Waals surface area (Å²) in [5.74, 6) is -0.787. The Hall–Kier alpha value is -1.60. The molecule has 1 aliphatic heterocycles. The van der Waals surface area contributed by atoms with Gasteiger partial charge < -0.3 is 10.4 Å². The number of hydrogen-bond acceptors (Lipinski definition) is 5. The molecule has 3 rings (SSSR count). The molecule has 120 valence electrons. The van der Waals surface area contributed by atoms with Gasteiger partial charge >= 0.3 is 5.97 Å². The number of sulfone groups is 1. The summed E-state index contributed by atoms with van der Waals surface area (Å²) in [7, 11) is -3.15. The van der Waals surface area contributed by atoms with Gasteiger partial charge in [-0.1, -0.05) is 0 Å². The Bertz CT molecular complexity index is 653. The maximum absolute atomic E-state index is 12.1. The van der Waals surface area contributed by atoms with Crippen molar-refractivity contribution in [3.05, 3.63) is 24.3 Å². The highest BCUT2D eigenvalue weighted by Gasteiger charge is 2.36. The molecule has 1 aliphatic carbocycles. The molecule has 6 nitrogen and oxygen atoms in total. The van der Waals surface area contributed by atoms with Gasteiger partial charge in [-0.2, -0.15) is 0 Å². The Balaban J connectivity index is 1.61. The van der Waals surface area contributed by atoms with Crippen molar-refractivity contribution in [1.82, 2.24) is 4.90 Å². The molecule has 0 bridgehead atoms. The van der Waals surface area contributed by atoms with Crippen LogP contribution in [0, 0.1) is 0 Å². The first-order valence-electron chi connectivity index (χ1n) is 7.53. The van der Waals surface area contributed by atoms with Crippen LogP contribution in [0.1, 0.15) is 25.7 Å². The molecule has 1 heterocycles. The average Bonchev–Trinajstić information content (AvgIpc) is 3.25. The van der Waals surface area contributed by atoms with Crippen molar-refractivity contribution in [3.63, 3.8) is 0 Å². The molecule has 0 radical (unpaired) electrons. The maximum Gasteiger partial charge on any atom is 0.320 e. The minimum absolute atomic E-state index is 0.202. The molecule has 1 saturated heterocycles. The standard InChI is InChI=1S/C15H20N2O4S/c18-15(19)14-2-1-9-17(14)10-16-11-3-5-12(6-4-11)22(20,21)13-7-8-13/h3-6,13-14,16H,1-2,7-10H2,(H,18,19). The molecule has 2 aliphatic rings. The number of likely N-dealkylation sites (tertiary alicyclic amines) is 1. The van der Waals surface area contributed by atoms with Gasteiger partial charge in [-0.25, -0.2) is 8.42 Å². The van der Waals surface area contributed by atoms with Gasteiger partial charge in [0.1, 0.15) is 6.04 Å². The maximum atomic E-state index is 12.1. The second kappa shape index (κ2) is 5.89. The van der Waals surface area contributed by atoms with Crippen LogP contribution in [0.3, 0.4) is 0 Å². The molecule has 1 aromatic rings. The van der Waals surface area contributed by atoms with Crippen LogP contribution in [-0.2, 0) is 14.6 Å². The summed E-state index contributed by atoms with van der Waals surface area (Å²) < 4.78 is 24.2. The van der Waals surface area contributed by atoms with Gasteiger partial charge in [-0.3, -0.25) is 9.69 Å². The van der Waals surface area contributed by atoms with Crippen LogP contribution in [0.25, 0.3) is 0 Å². The second-order valence-electron chi connectivity index (χ2n) is 5.91. The monoisotopic (exact) mass is 324 g/mol. The van der Waals surface area contributed by atoms with Gasteiger partial charge in [0.2, 0.25) is 0 Å². The van der Waals surface area contributed by atoms with E-state index in [1.807, 2.05) is 4.90 Å². The van der Waals surface area contributed by atoms with Gasteiger partial charge in [-0.15, -0.1) is 0 Å². The van der Waals surface area contributed by atoms with Crippen molar-refractivity contribution in [3.8, 4) is 0 Å². The molecule has 2 N–H and O–H groups in total. The number of rotatable bonds is 6. The van der Waals surface area contributed by atoms with Crippen LogP contribution in [0.4, 0.5) is 5.69 Å². The van der Waals surface area contributed by atoms with E-state index >= 15 is 0 Å². The fourth-order valence-electron chi connectivity index (χ4n) is 2.82. The fourth-order valence-corrected chi connectivity index (χ4v) is 4.48. The molecule has 22 heavy (non-hydrogen) atoms. The first-order valence-corrected chi connectivity index (χ1v) is 9.08. The van der Waals surface area contributed by atoms with Gasteiger partial charge in [-0.05, 0) is 49.9 Å². The van der Waals surface area contributed by atoms with Gasteiger partial charge in [0.15, 0.2) is 9.84 Å². The van der Waals surface area contributed by atoms with Crippen LogP contribution < -0.4 is 5.32 Å². The Morgan fingerprint density at radius 3 is 2.50 bits per heavy atom. The quantitative estimate of drug-likeness (QED) is 0.825. The fraction of sp³-hybridized carbons (Fsp3) is 0.533. The van der Waals surface area contributed by atoms with E-state index in [2.05, 4.69) is 5.32 Å². The molecule has 1 atom stereocenters. The average molecular weight is 324 g/mol. The number of carboxylic acid groups (broad SMARTS) is 1. The molecule has 0 aromatic heterocycles. The van der Waals surface area contributed by atoms with E-state index in [0.717, 1.165) is 31.5 Å². The highest BCUT2D eigenvalue weighted by atomic mass is 32.2. The Labute approximate surface area is 130 Å². The number of carboxylic acids is 1. The van der Waals surface area contributed by atoms with Crippen molar-refractivity contribution >= 4 is 21.5 Å². The smallest absolute Gasteiger partial charge is 0.320 e. The zero-order valence-corrected chi connectivity index (χ0v) is 13.1. The Morgan fingerprint density at radius 1 is 1.23 bits per heavy atom. The molecular weight excluding hydrogens is 304 g/mol. The number of carbonyl (C=O) groups is 1.